The standard InChI is InChI=1S/C23H18Cl2N4O2S/c24-17-10-18(25)12-19(11-17)27-22(30)14-32-23-28-26-15-29(23)20-6-8-21(9-7-20)31-13-16-4-2-1-3-5-16/h1-12,15H,13-14H2,(H,27,30). The summed E-state index contributed by atoms with van der Waals surface area (Å²) in [5, 5.41) is 12.4. The number of rotatable bonds is 8. The average Bonchev–Trinajstić information content (AvgIpc) is 3.25. The summed E-state index contributed by atoms with van der Waals surface area (Å²) in [5.41, 5.74) is 2.51. The van der Waals surface area contributed by atoms with Gasteiger partial charge in [0.25, 0.3) is 0 Å². The maximum Gasteiger partial charge on any atom is 0.234 e. The van der Waals surface area contributed by atoms with Gasteiger partial charge in [-0.05, 0) is 48.0 Å². The van der Waals surface area contributed by atoms with Crippen LogP contribution in [0, 0.1) is 0 Å². The van der Waals surface area contributed by atoms with E-state index in [-0.39, 0.29) is 11.7 Å². The number of aromatic nitrogens is 3. The first-order valence-electron chi connectivity index (χ1n) is 9.63. The molecule has 0 atom stereocenters. The van der Waals surface area contributed by atoms with Crippen molar-refractivity contribution in [3.63, 3.8) is 0 Å². The third-order valence-electron chi connectivity index (χ3n) is 4.36. The van der Waals surface area contributed by atoms with Gasteiger partial charge in [-0.15, -0.1) is 10.2 Å². The minimum atomic E-state index is -0.201. The average molecular weight is 485 g/mol. The Morgan fingerprint density at radius 2 is 1.72 bits per heavy atom. The molecule has 0 radical (unpaired) electrons. The molecule has 0 bridgehead atoms. The molecule has 1 amide bonds. The summed E-state index contributed by atoms with van der Waals surface area (Å²) in [7, 11) is 0. The van der Waals surface area contributed by atoms with E-state index in [0.29, 0.717) is 27.5 Å². The van der Waals surface area contributed by atoms with Crippen molar-refractivity contribution in [1.82, 2.24) is 14.8 Å². The number of thioether (sulfide) groups is 1. The van der Waals surface area contributed by atoms with Gasteiger partial charge in [-0.2, -0.15) is 0 Å². The van der Waals surface area contributed by atoms with E-state index in [4.69, 9.17) is 27.9 Å². The molecule has 0 saturated heterocycles. The molecule has 9 heteroatoms. The van der Waals surface area contributed by atoms with Crippen LogP contribution in [-0.4, -0.2) is 26.4 Å². The number of carbonyl (C=O) groups is 1. The van der Waals surface area contributed by atoms with Crippen LogP contribution in [0.5, 0.6) is 5.75 Å². The summed E-state index contributed by atoms with van der Waals surface area (Å²) >= 11 is 13.2. The van der Waals surface area contributed by atoms with Crippen molar-refractivity contribution in [2.24, 2.45) is 0 Å². The predicted molar refractivity (Wildman–Crippen MR) is 128 cm³/mol. The predicted octanol–water partition coefficient (Wildman–Crippen LogP) is 5.88. The van der Waals surface area contributed by atoms with E-state index < -0.39 is 0 Å². The van der Waals surface area contributed by atoms with E-state index in [1.165, 1.54) is 11.8 Å². The summed E-state index contributed by atoms with van der Waals surface area (Å²) < 4.78 is 7.64. The highest BCUT2D eigenvalue weighted by atomic mass is 35.5. The molecule has 0 aliphatic rings. The topological polar surface area (TPSA) is 69.0 Å². The molecule has 4 aromatic rings. The van der Waals surface area contributed by atoms with Gasteiger partial charge in [-0.25, -0.2) is 0 Å². The molecule has 6 nitrogen and oxygen atoms in total. The van der Waals surface area contributed by atoms with E-state index in [0.717, 1.165) is 17.0 Å². The maximum atomic E-state index is 12.3. The maximum absolute atomic E-state index is 12.3. The number of hydrogen-bond donors (Lipinski definition) is 1. The first-order chi connectivity index (χ1) is 15.6. The number of nitrogens with zero attached hydrogens (tertiary/aromatic N) is 3. The number of ether oxygens (including phenoxy) is 1. The lowest BCUT2D eigenvalue weighted by molar-refractivity contribution is -0.113. The molecule has 162 valence electrons. The highest BCUT2D eigenvalue weighted by Crippen LogP contribution is 2.24. The van der Waals surface area contributed by atoms with Crippen LogP contribution in [0.4, 0.5) is 5.69 Å². The molecule has 3 aromatic carbocycles. The fourth-order valence-corrected chi connectivity index (χ4v) is 4.15. The highest BCUT2D eigenvalue weighted by molar-refractivity contribution is 7.99. The number of carbonyl (C=O) groups excluding carboxylic acids is 1. The Labute approximate surface area is 199 Å². The Hall–Kier alpha value is -3.00. The zero-order valence-corrected chi connectivity index (χ0v) is 19.1. The summed E-state index contributed by atoms with van der Waals surface area (Å²) in [4.78, 5) is 12.3. The van der Waals surface area contributed by atoms with E-state index in [1.807, 2.05) is 59.2 Å². The van der Waals surface area contributed by atoms with E-state index in [1.54, 1.807) is 24.5 Å². The van der Waals surface area contributed by atoms with Crippen molar-refractivity contribution in [3.8, 4) is 11.4 Å². The third kappa shape index (κ3) is 6.03. The molecule has 4 rings (SSSR count). The van der Waals surface area contributed by atoms with Crippen molar-refractivity contribution in [2.75, 3.05) is 11.1 Å². The van der Waals surface area contributed by atoms with E-state index in [2.05, 4.69) is 15.5 Å². The summed E-state index contributed by atoms with van der Waals surface area (Å²) in [6.07, 6.45) is 1.61. The van der Waals surface area contributed by atoms with Crippen LogP contribution in [0.1, 0.15) is 5.56 Å². The van der Waals surface area contributed by atoms with Gasteiger partial charge in [0.15, 0.2) is 5.16 Å². The number of benzene rings is 3. The zero-order valence-electron chi connectivity index (χ0n) is 16.7. The summed E-state index contributed by atoms with van der Waals surface area (Å²) in [5.74, 6) is 0.716. The number of halogens is 2. The molecule has 0 saturated carbocycles. The third-order valence-corrected chi connectivity index (χ3v) is 5.74. The Bertz CT molecular complexity index is 1180. The van der Waals surface area contributed by atoms with Crippen molar-refractivity contribution in [3.05, 3.63) is 94.7 Å². The fraction of sp³-hybridized carbons (Fsp3) is 0.0870. The van der Waals surface area contributed by atoms with Crippen LogP contribution in [0.15, 0.2) is 84.3 Å². The molecule has 1 heterocycles. The summed E-state index contributed by atoms with van der Waals surface area (Å²) in [6.45, 7) is 0.501. The van der Waals surface area contributed by atoms with Gasteiger partial charge < -0.3 is 10.1 Å². The molecule has 0 aliphatic carbocycles. The molecule has 32 heavy (non-hydrogen) atoms. The van der Waals surface area contributed by atoms with Crippen LogP contribution in [0.25, 0.3) is 5.69 Å². The Kier molecular flexibility index (Phi) is 7.32. The largest absolute Gasteiger partial charge is 0.489 e. The van der Waals surface area contributed by atoms with E-state index in [9.17, 15) is 4.79 Å². The second-order valence-corrected chi connectivity index (χ2v) is 8.56. The van der Waals surface area contributed by atoms with Gasteiger partial charge >= 0.3 is 0 Å². The van der Waals surface area contributed by atoms with Crippen LogP contribution >= 0.6 is 35.0 Å². The highest BCUT2D eigenvalue weighted by Gasteiger charge is 2.11. The first kappa shape index (κ1) is 22.2. The molecule has 0 spiro atoms. The molecule has 0 unspecified atom stereocenters. The normalized spacial score (nSPS) is 10.7. The second-order valence-electron chi connectivity index (χ2n) is 6.75. The first-order valence-corrected chi connectivity index (χ1v) is 11.4. The Morgan fingerprint density at radius 3 is 2.44 bits per heavy atom. The molecular formula is C23H18Cl2N4O2S. The van der Waals surface area contributed by atoms with Gasteiger partial charge in [0.2, 0.25) is 5.91 Å². The zero-order chi connectivity index (χ0) is 22.3. The minimum Gasteiger partial charge on any atom is -0.489 e. The number of hydrogen-bond acceptors (Lipinski definition) is 5. The van der Waals surface area contributed by atoms with Crippen molar-refractivity contribution < 1.29 is 9.53 Å². The van der Waals surface area contributed by atoms with Crippen LogP contribution in [-0.2, 0) is 11.4 Å². The van der Waals surface area contributed by atoms with Crippen LogP contribution in [0.3, 0.4) is 0 Å². The van der Waals surface area contributed by atoms with Gasteiger partial charge in [0, 0.05) is 21.4 Å². The quantitative estimate of drug-likeness (QED) is 0.316. The lowest BCUT2D eigenvalue weighted by atomic mass is 10.2. The lowest BCUT2D eigenvalue weighted by Gasteiger charge is -2.09. The van der Waals surface area contributed by atoms with Crippen molar-refractivity contribution in [1.29, 1.82) is 0 Å². The van der Waals surface area contributed by atoms with Gasteiger partial charge in [0.1, 0.15) is 18.7 Å². The monoisotopic (exact) mass is 484 g/mol. The minimum absolute atomic E-state index is 0.154. The molecule has 1 N–H and O–H groups in total. The van der Waals surface area contributed by atoms with Crippen molar-refractivity contribution >= 4 is 46.6 Å². The SMILES string of the molecule is O=C(CSc1nncn1-c1ccc(OCc2ccccc2)cc1)Nc1cc(Cl)cc(Cl)c1. The smallest absolute Gasteiger partial charge is 0.234 e. The second kappa shape index (κ2) is 10.5. The van der Waals surface area contributed by atoms with Crippen LogP contribution < -0.4 is 10.1 Å². The summed E-state index contributed by atoms with van der Waals surface area (Å²) in [6, 6.07) is 22.5. The Balaban J connectivity index is 1.35. The van der Waals surface area contributed by atoms with Gasteiger partial charge in [-0.1, -0.05) is 65.3 Å². The van der Waals surface area contributed by atoms with Gasteiger partial charge in [-0.3, -0.25) is 9.36 Å². The Morgan fingerprint density at radius 1 is 1.00 bits per heavy atom. The fourth-order valence-electron chi connectivity index (χ4n) is 2.90. The molecule has 1 aromatic heterocycles. The molecular weight excluding hydrogens is 467 g/mol. The molecule has 0 fully saturated rings. The van der Waals surface area contributed by atoms with Crippen molar-refractivity contribution in [2.45, 2.75) is 11.8 Å². The number of amides is 1. The molecule has 0 aliphatic heterocycles. The van der Waals surface area contributed by atoms with Gasteiger partial charge in [0.05, 0.1) is 5.75 Å². The van der Waals surface area contributed by atoms with Crippen LogP contribution in [0.2, 0.25) is 10.0 Å². The van der Waals surface area contributed by atoms with E-state index >= 15 is 0 Å². The lowest BCUT2D eigenvalue weighted by Crippen LogP contribution is -2.14. The number of anilines is 1. The number of nitrogens with one attached hydrogen (secondary N) is 1.